The summed E-state index contributed by atoms with van der Waals surface area (Å²) in [5.41, 5.74) is 8.19. The van der Waals surface area contributed by atoms with E-state index >= 15 is 0 Å². The van der Waals surface area contributed by atoms with Gasteiger partial charge in [0, 0.05) is 27.5 Å². The van der Waals surface area contributed by atoms with Gasteiger partial charge >= 0.3 is 0 Å². The summed E-state index contributed by atoms with van der Waals surface area (Å²) in [6, 6.07) is 14.4. The van der Waals surface area contributed by atoms with Crippen LogP contribution in [0.25, 0.3) is 5.69 Å². The van der Waals surface area contributed by atoms with Crippen LogP contribution in [0.5, 0.6) is 0 Å². The molecule has 0 radical (unpaired) electrons. The van der Waals surface area contributed by atoms with Crippen LogP contribution in [0.3, 0.4) is 0 Å². The largest absolute Gasteiger partial charge is 0.318 e. The Morgan fingerprint density at radius 2 is 1.96 bits per heavy atom. The number of hydrogen-bond donors (Lipinski definition) is 1. The molecule has 0 bridgehead atoms. The summed E-state index contributed by atoms with van der Waals surface area (Å²) in [6.07, 6.45) is 2.07. The lowest BCUT2D eigenvalue weighted by Gasteiger charge is -2.09. The van der Waals surface area contributed by atoms with E-state index in [0.29, 0.717) is 6.42 Å². The molecular formula is C20H21N3OS. The Labute approximate surface area is 151 Å². The molecule has 1 N–H and O–H groups in total. The van der Waals surface area contributed by atoms with Gasteiger partial charge in [0.1, 0.15) is 0 Å². The zero-order chi connectivity index (χ0) is 17.8. The van der Waals surface area contributed by atoms with Crippen molar-refractivity contribution in [3.63, 3.8) is 0 Å². The number of carbonyl (C=O) groups is 1. The minimum Gasteiger partial charge on any atom is -0.318 e. The van der Waals surface area contributed by atoms with Crippen LogP contribution in [0.4, 0.5) is 0 Å². The van der Waals surface area contributed by atoms with Crippen molar-refractivity contribution in [3.8, 4) is 5.69 Å². The van der Waals surface area contributed by atoms with Crippen LogP contribution in [-0.4, -0.2) is 16.7 Å². The number of nitrogens with one attached hydrogen (secondary N) is 1. The molecule has 3 aromatic rings. The number of benzene rings is 1. The van der Waals surface area contributed by atoms with E-state index < -0.39 is 0 Å². The Kier molecular flexibility index (Phi) is 5.14. The normalized spacial score (nSPS) is 11.2. The van der Waals surface area contributed by atoms with Gasteiger partial charge in [-0.15, -0.1) is 11.3 Å². The van der Waals surface area contributed by atoms with Crippen molar-refractivity contribution in [1.29, 1.82) is 0 Å². The fraction of sp³-hybridized carbons (Fsp3) is 0.200. The zero-order valence-electron chi connectivity index (χ0n) is 14.6. The van der Waals surface area contributed by atoms with E-state index in [1.54, 1.807) is 17.6 Å². The molecule has 0 aliphatic carbocycles. The molecule has 0 aliphatic rings. The van der Waals surface area contributed by atoms with Crippen molar-refractivity contribution in [2.24, 2.45) is 5.10 Å². The highest BCUT2D eigenvalue weighted by Crippen LogP contribution is 2.20. The molecule has 0 unspecified atom stereocenters. The van der Waals surface area contributed by atoms with Crippen LogP contribution in [0.15, 0.2) is 52.9 Å². The number of hydrogen-bond acceptors (Lipinski definition) is 3. The van der Waals surface area contributed by atoms with Crippen molar-refractivity contribution in [2.45, 2.75) is 27.2 Å². The molecule has 128 valence electrons. The minimum absolute atomic E-state index is 0.106. The smallest absolute Gasteiger partial charge is 0.245 e. The summed E-state index contributed by atoms with van der Waals surface area (Å²) in [4.78, 5) is 12.9. The van der Waals surface area contributed by atoms with E-state index in [0.717, 1.165) is 27.5 Å². The van der Waals surface area contributed by atoms with Gasteiger partial charge in [-0.3, -0.25) is 4.79 Å². The Bertz CT molecular complexity index is 890. The summed E-state index contributed by atoms with van der Waals surface area (Å²) >= 11 is 1.57. The van der Waals surface area contributed by atoms with E-state index in [1.165, 1.54) is 5.56 Å². The van der Waals surface area contributed by atoms with Crippen molar-refractivity contribution >= 4 is 23.5 Å². The molecule has 0 atom stereocenters. The van der Waals surface area contributed by atoms with Gasteiger partial charge in [-0.25, -0.2) is 5.43 Å². The minimum atomic E-state index is -0.106. The maximum absolute atomic E-state index is 11.9. The van der Waals surface area contributed by atoms with Crippen molar-refractivity contribution in [2.75, 3.05) is 0 Å². The number of aromatic nitrogens is 1. The third-order valence-corrected chi connectivity index (χ3v) is 4.95. The first-order chi connectivity index (χ1) is 12.0. The lowest BCUT2D eigenvalue weighted by atomic mass is 10.2. The van der Waals surface area contributed by atoms with Gasteiger partial charge in [0.15, 0.2) is 0 Å². The highest BCUT2D eigenvalue weighted by atomic mass is 32.1. The molecule has 0 spiro atoms. The number of nitrogens with zero attached hydrogens (tertiary/aromatic N) is 2. The monoisotopic (exact) mass is 351 g/mol. The quantitative estimate of drug-likeness (QED) is 0.544. The molecule has 2 aromatic heterocycles. The highest BCUT2D eigenvalue weighted by molar-refractivity contribution is 7.10. The summed E-state index contributed by atoms with van der Waals surface area (Å²) in [7, 11) is 0. The first-order valence-corrected chi connectivity index (χ1v) is 9.03. The Morgan fingerprint density at radius 1 is 1.20 bits per heavy atom. The van der Waals surface area contributed by atoms with E-state index in [1.807, 2.05) is 17.5 Å². The Hall–Kier alpha value is -2.66. The topological polar surface area (TPSA) is 46.4 Å². The molecule has 0 saturated heterocycles. The maximum atomic E-state index is 11.9. The summed E-state index contributed by atoms with van der Waals surface area (Å²) in [5, 5.41) is 6.08. The SMILES string of the molecule is Cc1ccc(-n2c(C)cc(/C=N/NC(=O)Cc3cccs3)c2C)cc1. The second-order valence-corrected chi connectivity index (χ2v) is 7.08. The van der Waals surface area contributed by atoms with E-state index in [9.17, 15) is 4.79 Å². The molecule has 25 heavy (non-hydrogen) atoms. The predicted octanol–water partition coefficient (Wildman–Crippen LogP) is 4.16. The first-order valence-electron chi connectivity index (χ1n) is 8.15. The predicted molar refractivity (Wildman–Crippen MR) is 104 cm³/mol. The Balaban J connectivity index is 1.72. The molecule has 0 saturated carbocycles. The highest BCUT2D eigenvalue weighted by Gasteiger charge is 2.09. The van der Waals surface area contributed by atoms with E-state index in [2.05, 4.69) is 66.2 Å². The van der Waals surface area contributed by atoms with Gasteiger partial charge in [-0.05, 0) is 50.4 Å². The van der Waals surface area contributed by atoms with Gasteiger partial charge in [0.05, 0.1) is 12.6 Å². The molecule has 0 aliphatic heterocycles. The number of rotatable bonds is 5. The van der Waals surface area contributed by atoms with Crippen LogP contribution in [0.2, 0.25) is 0 Å². The molecule has 2 heterocycles. The average Bonchev–Trinajstić information content (AvgIpc) is 3.17. The number of thiophene rings is 1. The number of carbonyl (C=O) groups excluding carboxylic acids is 1. The van der Waals surface area contributed by atoms with E-state index in [4.69, 9.17) is 0 Å². The maximum Gasteiger partial charge on any atom is 0.245 e. The number of amides is 1. The van der Waals surface area contributed by atoms with Crippen LogP contribution < -0.4 is 5.43 Å². The average molecular weight is 351 g/mol. The first kappa shape index (κ1) is 17.2. The number of aryl methyl sites for hydroxylation is 2. The van der Waals surface area contributed by atoms with Gasteiger partial charge in [-0.2, -0.15) is 5.10 Å². The van der Waals surface area contributed by atoms with E-state index in [-0.39, 0.29) is 5.91 Å². The second kappa shape index (κ2) is 7.49. The third-order valence-electron chi connectivity index (χ3n) is 4.07. The lowest BCUT2D eigenvalue weighted by molar-refractivity contribution is -0.120. The van der Waals surface area contributed by atoms with Crippen LogP contribution in [0.1, 0.15) is 27.4 Å². The van der Waals surface area contributed by atoms with Gasteiger partial charge in [-0.1, -0.05) is 23.8 Å². The molecule has 0 fully saturated rings. The summed E-state index contributed by atoms with van der Waals surface area (Å²) in [5.74, 6) is -0.106. The molecule has 1 aromatic carbocycles. The molecule has 1 amide bonds. The second-order valence-electron chi connectivity index (χ2n) is 6.05. The molecule has 5 heteroatoms. The fourth-order valence-electron chi connectivity index (χ4n) is 2.79. The van der Waals surface area contributed by atoms with Gasteiger partial charge in [0.25, 0.3) is 0 Å². The Morgan fingerprint density at radius 3 is 2.64 bits per heavy atom. The summed E-state index contributed by atoms with van der Waals surface area (Å²) < 4.78 is 2.19. The zero-order valence-corrected chi connectivity index (χ0v) is 15.4. The number of hydrazone groups is 1. The fourth-order valence-corrected chi connectivity index (χ4v) is 3.50. The standard InChI is InChI=1S/C20H21N3OS/c1-14-6-8-18(9-7-14)23-15(2)11-17(16(23)3)13-21-22-20(24)12-19-5-4-10-25-19/h4-11,13H,12H2,1-3H3,(H,22,24)/b21-13+. The summed E-state index contributed by atoms with van der Waals surface area (Å²) in [6.45, 7) is 6.21. The van der Waals surface area contributed by atoms with Crippen molar-refractivity contribution in [1.82, 2.24) is 9.99 Å². The van der Waals surface area contributed by atoms with Gasteiger partial charge in [0.2, 0.25) is 5.91 Å². The molecule has 4 nitrogen and oxygen atoms in total. The van der Waals surface area contributed by atoms with Crippen molar-refractivity contribution in [3.05, 3.63) is 75.2 Å². The molecule has 3 rings (SSSR count). The molecular weight excluding hydrogens is 330 g/mol. The van der Waals surface area contributed by atoms with Crippen LogP contribution >= 0.6 is 11.3 Å². The van der Waals surface area contributed by atoms with Gasteiger partial charge < -0.3 is 4.57 Å². The van der Waals surface area contributed by atoms with Crippen molar-refractivity contribution < 1.29 is 4.79 Å². The van der Waals surface area contributed by atoms with Crippen LogP contribution in [0, 0.1) is 20.8 Å². The van der Waals surface area contributed by atoms with Crippen LogP contribution in [-0.2, 0) is 11.2 Å². The lowest BCUT2D eigenvalue weighted by Crippen LogP contribution is -2.19. The third kappa shape index (κ3) is 4.06.